The Morgan fingerprint density at radius 1 is 0.704 bits per heavy atom. The van der Waals surface area contributed by atoms with E-state index in [1.165, 1.54) is 18.1 Å². The maximum Gasteiger partial charge on any atom is 0.0773 e. The summed E-state index contributed by atoms with van der Waals surface area (Å²) in [5.74, 6) is 0. The normalized spacial score (nSPS) is 13.9. The highest BCUT2D eigenvalue weighted by Crippen LogP contribution is 2.24. The van der Waals surface area contributed by atoms with Crippen LogP contribution in [0.5, 0.6) is 0 Å². The molecule has 0 aromatic carbocycles. The molecule has 164 valence electrons. The molecule has 0 spiro atoms. The van der Waals surface area contributed by atoms with E-state index >= 15 is 0 Å². The van der Waals surface area contributed by atoms with Crippen LogP contribution in [0.1, 0.15) is 39.0 Å². The molecule has 0 rings (SSSR count). The Morgan fingerprint density at radius 3 is 1.96 bits per heavy atom. The van der Waals surface area contributed by atoms with E-state index in [4.69, 9.17) is 14.2 Å². The van der Waals surface area contributed by atoms with E-state index in [9.17, 15) is 5.11 Å². The molecule has 0 saturated heterocycles. The second-order valence-electron chi connectivity index (χ2n) is 9.78. The van der Waals surface area contributed by atoms with Gasteiger partial charge in [-0.05, 0) is 32.1 Å². The Kier molecular flexibility index (Phi) is 16.3. The lowest BCUT2D eigenvalue weighted by Gasteiger charge is -2.26. The molecule has 0 aromatic heterocycles. The molecule has 27 heavy (non-hydrogen) atoms. The first-order valence-corrected chi connectivity index (χ1v) is 18.2. The molecule has 1 unspecified atom stereocenters. The van der Waals surface area contributed by atoms with Crippen molar-refractivity contribution in [2.75, 3.05) is 39.6 Å². The topological polar surface area (TPSA) is 47.9 Å². The number of ether oxygens (including phenoxy) is 3. The van der Waals surface area contributed by atoms with Gasteiger partial charge >= 0.3 is 0 Å². The average molecular weight is 421 g/mol. The summed E-state index contributed by atoms with van der Waals surface area (Å²) in [5.41, 5.74) is 0. The fourth-order valence-corrected chi connectivity index (χ4v) is 9.90. The van der Waals surface area contributed by atoms with Crippen LogP contribution in [-0.4, -0.2) is 67.0 Å². The monoisotopic (exact) mass is 420 g/mol. The SMILES string of the molecule is CCCOCCOCCCCC(O)COCCC[Si](C)(C)CC[Si](C)(C)C. The van der Waals surface area contributed by atoms with Crippen molar-refractivity contribution < 1.29 is 19.3 Å². The largest absolute Gasteiger partial charge is 0.391 e. The molecule has 0 aliphatic carbocycles. The average Bonchev–Trinajstić information content (AvgIpc) is 2.58. The van der Waals surface area contributed by atoms with E-state index in [0.717, 1.165) is 51.9 Å². The summed E-state index contributed by atoms with van der Waals surface area (Å²) >= 11 is 0. The third kappa shape index (κ3) is 20.8. The second kappa shape index (κ2) is 16.1. The molecule has 6 heteroatoms. The van der Waals surface area contributed by atoms with Crippen molar-refractivity contribution in [1.82, 2.24) is 0 Å². The van der Waals surface area contributed by atoms with E-state index < -0.39 is 16.1 Å². The maximum absolute atomic E-state index is 10.0. The van der Waals surface area contributed by atoms with E-state index in [2.05, 4.69) is 39.7 Å². The van der Waals surface area contributed by atoms with Gasteiger partial charge in [0.15, 0.2) is 0 Å². The minimum atomic E-state index is -1.07. The van der Waals surface area contributed by atoms with Crippen molar-refractivity contribution in [1.29, 1.82) is 0 Å². The molecule has 0 aromatic rings. The summed E-state index contributed by atoms with van der Waals surface area (Å²) in [7, 11) is -1.98. The van der Waals surface area contributed by atoms with Crippen LogP contribution in [-0.2, 0) is 14.2 Å². The number of rotatable bonds is 19. The van der Waals surface area contributed by atoms with Gasteiger partial charge in [0.1, 0.15) is 0 Å². The summed E-state index contributed by atoms with van der Waals surface area (Å²) < 4.78 is 16.6. The third-order valence-corrected chi connectivity index (χ3v) is 10.4. The Labute approximate surface area is 171 Å². The van der Waals surface area contributed by atoms with E-state index in [-0.39, 0.29) is 6.10 Å². The van der Waals surface area contributed by atoms with Crippen LogP contribution in [0.4, 0.5) is 0 Å². The van der Waals surface area contributed by atoms with Gasteiger partial charge in [-0.3, -0.25) is 0 Å². The van der Waals surface area contributed by atoms with Crippen molar-refractivity contribution in [2.24, 2.45) is 0 Å². The molecule has 1 atom stereocenters. The first-order valence-electron chi connectivity index (χ1n) is 11.1. The number of aliphatic hydroxyl groups excluding tert-OH is 1. The first kappa shape index (κ1) is 27.3. The first-order chi connectivity index (χ1) is 12.7. The van der Waals surface area contributed by atoms with Gasteiger partial charge in [-0.25, -0.2) is 0 Å². The number of aliphatic hydroxyl groups is 1. The summed E-state index contributed by atoms with van der Waals surface area (Å²) in [6.07, 6.45) is 4.63. The smallest absolute Gasteiger partial charge is 0.0773 e. The Morgan fingerprint density at radius 2 is 1.33 bits per heavy atom. The highest BCUT2D eigenvalue weighted by molar-refractivity contribution is 6.82. The van der Waals surface area contributed by atoms with E-state index in [0.29, 0.717) is 19.8 Å². The number of hydrogen-bond donors (Lipinski definition) is 1. The van der Waals surface area contributed by atoms with Crippen LogP contribution in [0, 0.1) is 0 Å². The van der Waals surface area contributed by atoms with Gasteiger partial charge in [-0.1, -0.05) is 57.8 Å². The molecule has 0 radical (unpaired) electrons. The third-order valence-electron chi connectivity index (χ3n) is 4.80. The van der Waals surface area contributed by atoms with Crippen LogP contribution in [0.3, 0.4) is 0 Å². The molecule has 4 nitrogen and oxygen atoms in total. The molecule has 0 bridgehead atoms. The maximum atomic E-state index is 10.0. The predicted octanol–water partition coefficient (Wildman–Crippen LogP) is 5.41. The van der Waals surface area contributed by atoms with Crippen molar-refractivity contribution >= 4 is 16.1 Å². The highest BCUT2D eigenvalue weighted by atomic mass is 28.3. The van der Waals surface area contributed by atoms with Crippen LogP contribution >= 0.6 is 0 Å². The molecular weight excluding hydrogens is 372 g/mol. The van der Waals surface area contributed by atoms with Crippen LogP contribution in [0.15, 0.2) is 0 Å². The molecule has 0 aliphatic heterocycles. The lowest BCUT2D eigenvalue weighted by atomic mass is 10.2. The highest BCUT2D eigenvalue weighted by Gasteiger charge is 2.23. The molecule has 0 fully saturated rings. The van der Waals surface area contributed by atoms with Crippen LogP contribution in [0.2, 0.25) is 50.9 Å². The van der Waals surface area contributed by atoms with Gasteiger partial charge in [0, 0.05) is 36.0 Å². The van der Waals surface area contributed by atoms with E-state index in [1.807, 2.05) is 0 Å². The fourth-order valence-electron chi connectivity index (χ4n) is 2.84. The Balaban J connectivity index is 3.47. The Bertz CT molecular complexity index is 333. The summed E-state index contributed by atoms with van der Waals surface area (Å²) in [6.45, 7) is 18.7. The van der Waals surface area contributed by atoms with Gasteiger partial charge in [0.25, 0.3) is 0 Å². The van der Waals surface area contributed by atoms with Crippen molar-refractivity contribution in [3.05, 3.63) is 0 Å². The minimum absolute atomic E-state index is 0.338. The molecule has 0 saturated carbocycles. The van der Waals surface area contributed by atoms with Gasteiger partial charge in [0.2, 0.25) is 0 Å². The Hall–Kier alpha value is 0.274. The van der Waals surface area contributed by atoms with Gasteiger partial charge in [0.05, 0.1) is 25.9 Å². The summed E-state index contributed by atoms with van der Waals surface area (Å²) in [6, 6.07) is 4.26. The molecule has 1 N–H and O–H groups in total. The van der Waals surface area contributed by atoms with Gasteiger partial charge < -0.3 is 19.3 Å². The van der Waals surface area contributed by atoms with E-state index in [1.54, 1.807) is 0 Å². The lowest BCUT2D eigenvalue weighted by Crippen LogP contribution is -2.30. The number of unbranched alkanes of at least 4 members (excludes halogenated alkanes) is 1. The van der Waals surface area contributed by atoms with Crippen LogP contribution in [0.25, 0.3) is 0 Å². The molecule has 0 amide bonds. The molecule has 0 aliphatic rings. The zero-order valence-corrected chi connectivity index (χ0v) is 21.1. The fraction of sp³-hybridized carbons (Fsp3) is 1.00. The number of hydrogen-bond acceptors (Lipinski definition) is 4. The van der Waals surface area contributed by atoms with Gasteiger partial charge in [-0.15, -0.1) is 0 Å². The van der Waals surface area contributed by atoms with Crippen LogP contribution < -0.4 is 0 Å². The standard InChI is InChI=1S/C21H48O4Si2/c1-7-12-23-15-16-24-13-9-8-11-21(22)20-25-14-10-17-27(5,6)19-18-26(2,3)4/h21-22H,7-20H2,1-6H3. The molecular formula is C21H48O4Si2. The summed E-state index contributed by atoms with van der Waals surface area (Å²) in [4.78, 5) is 0. The van der Waals surface area contributed by atoms with Crippen molar-refractivity contribution in [3.8, 4) is 0 Å². The van der Waals surface area contributed by atoms with Gasteiger partial charge in [-0.2, -0.15) is 0 Å². The predicted molar refractivity (Wildman–Crippen MR) is 122 cm³/mol. The van der Waals surface area contributed by atoms with Crippen molar-refractivity contribution in [3.63, 3.8) is 0 Å². The molecule has 0 heterocycles. The zero-order valence-electron chi connectivity index (χ0n) is 19.1. The minimum Gasteiger partial charge on any atom is -0.391 e. The summed E-state index contributed by atoms with van der Waals surface area (Å²) in [5, 5.41) is 10.0. The quantitative estimate of drug-likeness (QED) is 0.224. The second-order valence-corrected chi connectivity index (χ2v) is 20.7. The zero-order chi connectivity index (χ0) is 20.6. The van der Waals surface area contributed by atoms with Crippen molar-refractivity contribution in [2.45, 2.75) is 96.0 Å². The lowest BCUT2D eigenvalue weighted by molar-refractivity contribution is 0.0269.